The van der Waals surface area contributed by atoms with E-state index >= 15 is 0 Å². The third-order valence-corrected chi connectivity index (χ3v) is 7.16. The molecule has 8 heteroatoms. The summed E-state index contributed by atoms with van der Waals surface area (Å²) in [5.74, 6) is -1.02. The van der Waals surface area contributed by atoms with Gasteiger partial charge in [0.1, 0.15) is 12.1 Å². The van der Waals surface area contributed by atoms with Crippen molar-refractivity contribution >= 4 is 11.8 Å². The predicted molar refractivity (Wildman–Crippen MR) is 99.1 cm³/mol. The Morgan fingerprint density at radius 3 is 2.46 bits per heavy atom. The SMILES string of the molecule is CC(C)[C@H](NC(=O)[C@@H]1[C@@H]2[C@H](C)N2C(=O)[C@@H]2CCCN12)C12OCC(C)(CO1)CO2. The van der Waals surface area contributed by atoms with Crippen molar-refractivity contribution in [2.75, 3.05) is 26.4 Å². The van der Waals surface area contributed by atoms with Crippen LogP contribution in [-0.4, -0.2) is 84.2 Å². The predicted octanol–water partition coefficient (Wildman–Crippen LogP) is 0.310. The Kier molecular flexibility index (Phi) is 4.12. The van der Waals surface area contributed by atoms with Gasteiger partial charge in [-0.3, -0.25) is 14.5 Å². The summed E-state index contributed by atoms with van der Waals surface area (Å²) < 4.78 is 18.0. The zero-order valence-electron chi connectivity index (χ0n) is 17.1. The van der Waals surface area contributed by atoms with Gasteiger partial charge in [-0.05, 0) is 32.2 Å². The number of fused-ring (bicyclic) bond motifs is 5. The van der Waals surface area contributed by atoms with Gasteiger partial charge >= 0.3 is 5.97 Å². The maximum atomic E-state index is 13.5. The van der Waals surface area contributed by atoms with E-state index in [1.165, 1.54) is 0 Å². The fourth-order valence-corrected chi connectivity index (χ4v) is 5.44. The van der Waals surface area contributed by atoms with Crippen molar-refractivity contribution in [2.24, 2.45) is 11.3 Å². The summed E-state index contributed by atoms with van der Waals surface area (Å²) in [6.07, 6.45) is 1.80. The van der Waals surface area contributed by atoms with Crippen molar-refractivity contribution in [1.29, 1.82) is 0 Å². The summed E-state index contributed by atoms with van der Waals surface area (Å²) in [7, 11) is 0. The number of piperazine rings is 1. The first kappa shape index (κ1) is 18.8. The van der Waals surface area contributed by atoms with Crippen molar-refractivity contribution in [3.63, 3.8) is 0 Å². The molecule has 0 spiro atoms. The molecule has 0 saturated carbocycles. The van der Waals surface area contributed by atoms with E-state index < -0.39 is 12.0 Å². The van der Waals surface area contributed by atoms with Crippen LogP contribution in [0.5, 0.6) is 0 Å². The Hall–Kier alpha value is -1.22. The molecule has 6 aliphatic rings. The van der Waals surface area contributed by atoms with E-state index in [9.17, 15) is 9.59 Å². The van der Waals surface area contributed by atoms with Crippen LogP contribution < -0.4 is 5.32 Å². The van der Waals surface area contributed by atoms with Crippen molar-refractivity contribution in [3.8, 4) is 0 Å². The van der Waals surface area contributed by atoms with Crippen LogP contribution in [0.3, 0.4) is 0 Å². The van der Waals surface area contributed by atoms with Crippen molar-refractivity contribution in [2.45, 2.75) is 76.7 Å². The van der Waals surface area contributed by atoms with Gasteiger partial charge in [0.15, 0.2) is 0 Å². The Balaban J connectivity index is 1.37. The highest BCUT2D eigenvalue weighted by molar-refractivity contribution is 5.93. The van der Waals surface area contributed by atoms with E-state index in [-0.39, 0.29) is 47.3 Å². The summed E-state index contributed by atoms with van der Waals surface area (Å²) in [6.45, 7) is 10.7. The molecule has 0 aromatic carbocycles. The number of nitrogens with one attached hydrogen (secondary N) is 1. The lowest BCUT2D eigenvalue weighted by atomic mass is 9.89. The Bertz CT molecular complexity index is 673. The zero-order valence-corrected chi connectivity index (χ0v) is 17.1. The van der Waals surface area contributed by atoms with Crippen LogP contribution >= 0.6 is 0 Å². The maximum absolute atomic E-state index is 13.5. The number of nitrogens with zero attached hydrogens (tertiary/aromatic N) is 2. The zero-order chi connectivity index (χ0) is 19.8. The molecule has 1 N–H and O–H groups in total. The van der Waals surface area contributed by atoms with Gasteiger partial charge in [-0.1, -0.05) is 20.8 Å². The van der Waals surface area contributed by atoms with E-state index in [1.807, 2.05) is 25.7 Å². The molecular weight excluding hydrogens is 362 g/mol. The molecule has 6 heterocycles. The van der Waals surface area contributed by atoms with E-state index in [4.69, 9.17) is 14.2 Å². The van der Waals surface area contributed by atoms with E-state index in [2.05, 4.69) is 17.1 Å². The molecule has 0 aromatic heterocycles. The fourth-order valence-electron chi connectivity index (χ4n) is 5.44. The number of ether oxygens (including phenoxy) is 3. The number of rotatable bonds is 4. The Morgan fingerprint density at radius 2 is 1.86 bits per heavy atom. The molecule has 6 fully saturated rings. The molecule has 2 bridgehead atoms. The summed E-state index contributed by atoms with van der Waals surface area (Å²) in [5.41, 5.74) is -0.121. The van der Waals surface area contributed by atoms with Gasteiger partial charge in [0, 0.05) is 5.41 Å². The fraction of sp³-hybridized carbons (Fsp3) is 0.900. The molecule has 8 nitrogen and oxygen atoms in total. The van der Waals surface area contributed by atoms with E-state index in [0.29, 0.717) is 19.8 Å². The molecule has 156 valence electrons. The number of amides is 2. The first-order valence-corrected chi connectivity index (χ1v) is 10.6. The minimum absolute atomic E-state index is 0.0316. The standard InChI is InChI=1S/C20H31N3O5/c1-11(2)16(20-26-8-19(4,9-27-20)10-28-20)21-17(24)15-14-12(3)23(14)18(25)13-6-5-7-22(13)15/h11-16H,5-10H2,1-4H3,(H,21,24)/t12-,13-,14-,15-,16-,19?,20?,23?/m0/s1. The molecule has 28 heavy (non-hydrogen) atoms. The van der Waals surface area contributed by atoms with Gasteiger partial charge in [0.05, 0.1) is 37.9 Å². The number of carbonyl (C=O) groups excluding carboxylic acids is 2. The lowest BCUT2D eigenvalue weighted by molar-refractivity contribution is -0.476. The Labute approximate surface area is 165 Å². The number of carbonyl (C=O) groups is 2. The molecular formula is C20H31N3O5. The first-order chi connectivity index (χ1) is 13.3. The van der Waals surface area contributed by atoms with Crippen molar-refractivity contribution in [1.82, 2.24) is 15.1 Å². The summed E-state index contributed by atoms with van der Waals surface area (Å²) in [5, 5.41) is 3.20. The average Bonchev–Trinajstić information content (AvgIpc) is 3.10. The van der Waals surface area contributed by atoms with Gasteiger partial charge in [-0.25, -0.2) is 0 Å². The van der Waals surface area contributed by atoms with Crippen LogP contribution in [-0.2, 0) is 23.8 Å². The highest BCUT2D eigenvalue weighted by atomic mass is 16.9. The molecule has 5 atom stereocenters. The maximum Gasteiger partial charge on any atom is 0.304 e. The highest BCUT2D eigenvalue weighted by Gasteiger charge is 2.64. The summed E-state index contributed by atoms with van der Waals surface area (Å²) >= 11 is 0. The molecule has 6 saturated heterocycles. The molecule has 0 aromatic rings. The average molecular weight is 393 g/mol. The minimum Gasteiger partial charge on any atom is -0.344 e. The van der Waals surface area contributed by atoms with Crippen LogP contribution in [0.25, 0.3) is 0 Å². The highest BCUT2D eigenvalue weighted by Crippen LogP contribution is 2.44. The number of hydrogen-bond acceptors (Lipinski definition) is 6. The van der Waals surface area contributed by atoms with Crippen LogP contribution in [0.4, 0.5) is 0 Å². The van der Waals surface area contributed by atoms with Gasteiger partial charge in [-0.15, -0.1) is 0 Å². The lowest BCUT2D eigenvalue weighted by Crippen LogP contribution is -2.70. The van der Waals surface area contributed by atoms with Gasteiger partial charge in [0.2, 0.25) is 11.8 Å². The van der Waals surface area contributed by atoms with Crippen molar-refractivity contribution in [3.05, 3.63) is 0 Å². The second-order valence-electron chi connectivity index (χ2n) is 9.83. The third-order valence-electron chi connectivity index (χ3n) is 7.16. The topological polar surface area (TPSA) is 80.1 Å². The summed E-state index contributed by atoms with van der Waals surface area (Å²) in [6, 6.07) is -0.781. The van der Waals surface area contributed by atoms with Crippen LogP contribution in [0.15, 0.2) is 0 Å². The lowest BCUT2D eigenvalue weighted by Gasteiger charge is -2.54. The molecule has 6 aliphatic heterocycles. The summed E-state index contributed by atoms with van der Waals surface area (Å²) in [4.78, 5) is 30.1. The molecule has 6 rings (SSSR count). The quantitative estimate of drug-likeness (QED) is 0.693. The van der Waals surface area contributed by atoms with Gasteiger partial charge < -0.3 is 24.4 Å². The number of hydrogen-bond donors (Lipinski definition) is 1. The second-order valence-corrected chi connectivity index (χ2v) is 9.83. The smallest absolute Gasteiger partial charge is 0.304 e. The minimum atomic E-state index is -1.22. The molecule has 0 radical (unpaired) electrons. The normalized spacial score (nSPS) is 45.8. The van der Waals surface area contributed by atoms with Crippen LogP contribution in [0, 0.1) is 11.3 Å². The molecule has 2 amide bonds. The van der Waals surface area contributed by atoms with Crippen molar-refractivity contribution < 1.29 is 23.8 Å². The van der Waals surface area contributed by atoms with Crippen LogP contribution in [0.1, 0.15) is 40.5 Å². The van der Waals surface area contributed by atoms with E-state index in [1.54, 1.807) is 0 Å². The third kappa shape index (κ3) is 2.57. The van der Waals surface area contributed by atoms with Crippen LogP contribution in [0.2, 0.25) is 0 Å². The second kappa shape index (κ2) is 6.14. The first-order valence-electron chi connectivity index (χ1n) is 10.6. The molecule has 0 aliphatic carbocycles. The van der Waals surface area contributed by atoms with Gasteiger partial charge in [0.25, 0.3) is 0 Å². The Morgan fingerprint density at radius 1 is 1.21 bits per heavy atom. The van der Waals surface area contributed by atoms with E-state index in [0.717, 1.165) is 19.4 Å². The molecule has 0 unspecified atom stereocenters. The monoisotopic (exact) mass is 393 g/mol. The largest absolute Gasteiger partial charge is 0.344 e. The van der Waals surface area contributed by atoms with Gasteiger partial charge in [-0.2, -0.15) is 0 Å².